The van der Waals surface area contributed by atoms with Crippen molar-refractivity contribution in [1.29, 1.82) is 0 Å². The van der Waals surface area contributed by atoms with Gasteiger partial charge in [-0.25, -0.2) is 0 Å². The van der Waals surface area contributed by atoms with Gasteiger partial charge in [-0.1, -0.05) is 12.1 Å². The summed E-state index contributed by atoms with van der Waals surface area (Å²) in [5, 5.41) is 20.1. The van der Waals surface area contributed by atoms with Crippen molar-refractivity contribution in [3.05, 3.63) is 29.3 Å². The molecule has 0 amide bonds. The van der Waals surface area contributed by atoms with Gasteiger partial charge < -0.3 is 16.0 Å². The quantitative estimate of drug-likeness (QED) is 0.262. The summed E-state index contributed by atoms with van der Waals surface area (Å²) < 4.78 is 37.8. The largest absolute Gasteiger partial charge is 0.416 e. The minimum absolute atomic E-state index is 0.0115. The predicted octanol–water partition coefficient (Wildman–Crippen LogP) is 2.27. The van der Waals surface area contributed by atoms with Crippen LogP contribution in [-0.2, 0) is 6.18 Å². The summed E-state index contributed by atoms with van der Waals surface area (Å²) in [7, 11) is 0. The molecular formula is C11H13F3N2O2S. The van der Waals surface area contributed by atoms with Crippen LogP contribution in [0.5, 0.6) is 0 Å². The Labute approximate surface area is 112 Å². The molecule has 0 aliphatic rings. The maximum absolute atomic E-state index is 12.6. The molecule has 0 spiro atoms. The number of thioether (sulfide) groups is 1. The Bertz CT molecular complexity index is 477. The molecule has 0 radical (unpaired) electrons. The van der Waals surface area contributed by atoms with E-state index in [0.29, 0.717) is 4.90 Å². The summed E-state index contributed by atoms with van der Waals surface area (Å²) >= 11 is 1.14. The Hall–Kier alpha value is -1.41. The average molecular weight is 294 g/mol. The molecule has 0 saturated carbocycles. The fraction of sp³-hybridized carbons (Fsp3) is 0.364. The zero-order valence-corrected chi connectivity index (χ0v) is 10.8. The number of nitrogens with zero attached hydrogens (tertiary/aromatic N) is 1. The molecule has 0 aromatic heterocycles. The molecule has 0 fully saturated rings. The van der Waals surface area contributed by atoms with E-state index in [2.05, 4.69) is 5.16 Å². The number of hydrogen-bond acceptors (Lipinski definition) is 4. The van der Waals surface area contributed by atoms with Crippen LogP contribution in [0, 0.1) is 0 Å². The fourth-order valence-corrected chi connectivity index (χ4v) is 2.26. The lowest BCUT2D eigenvalue weighted by atomic mass is 10.1. The Balaban J connectivity index is 3.25. The first-order chi connectivity index (χ1) is 8.79. The lowest BCUT2D eigenvalue weighted by molar-refractivity contribution is -0.137. The minimum Gasteiger partial charge on any atom is -0.409 e. The van der Waals surface area contributed by atoms with Crippen LogP contribution in [-0.4, -0.2) is 28.0 Å². The molecule has 4 nitrogen and oxygen atoms in total. The van der Waals surface area contributed by atoms with Crippen molar-refractivity contribution in [1.82, 2.24) is 0 Å². The minimum atomic E-state index is -4.50. The molecule has 0 aliphatic heterocycles. The third kappa shape index (κ3) is 4.03. The highest BCUT2D eigenvalue weighted by molar-refractivity contribution is 8.00. The summed E-state index contributed by atoms with van der Waals surface area (Å²) in [4.78, 5) is 0.407. The number of alkyl halides is 3. The van der Waals surface area contributed by atoms with Gasteiger partial charge in [0.25, 0.3) is 0 Å². The summed E-state index contributed by atoms with van der Waals surface area (Å²) in [6.07, 6.45) is -4.50. The summed E-state index contributed by atoms with van der Waals surface area (Å²) in [6.45, 7) is 1.57. The number of amidine groups is 1. The van der Waals surface area contributed by atoms with Crippen molar-refractivity contribution in [2.75, 3.05) is 6.61 Å². The maximum Gasteiger partial charge on any atom is 0.416 e. The Morgan fingerprint density at radius 2 is 2.11 bits per heavy atom. The number of aliphatic hydroxyl groups excluding tert-OH is 1. The lowest BCUT2D eigenvalue weighted by Crippen LogP contribution is -2.17. The van der Waals surface area contributed by atoms with E-state index < -0.39 is 17.6 Å². The van der Waals surface area contributed by atoms with Gasteiger partial charge in [0.1, 0.15) is 0 Å². The van der Waals surface area contributed by atoms with Gasteiger partial charge in [-0.15, -0.1) is 11.8 Å². The normalized spacial score (nSPS) is 14.5. The molecule has 1 unspecified atom stereocenters. The smallest absolute Gasteiger partial charge is 0.409 e. The van der Waals surface area contributed by atoms with E-state index in [-0.39, 0.29) is 17.4 Å². The molecule has 4 N–H and O–H groups in total. The SMILES string of the molecule is CC(CO)Sc1ccc(C(F)(F)F)cc1/C(N)=N/O. The maximum atomic E-state index is 12.6. The lowest BCUT2D eigenvalue weighted by Gasteiger charge is -2.14. The van der Waals surface area contributed by atoms with Crippen molar-refractivity contribution >= 4 is 17.6 Å². The molecule has 0 heterocycles. The number of nitrogens with two attached hydrogens (primary N) is 1. The van der Waals surface area contributed by atoms with Gasteiger partial charge in [0.05, 0.1) is 12.2 Å². The molecule has 1 atom stereocenters. The van der Waals surface area contributed by atoms with E-state index in [1.165, 1.54) is 6.07 Å². The standard InChI is InChI=1S/C11H13F3N2O2S/c1-6(5-17)19-9-3-2-7(11(12,13)14)4-8(9)10(15)16-18/h2-4,6,17-18H,5H2,1H3,(H2,15,16). The highest BCUT2D eigenvalue weighted by Crippen LogP contribution is 2.34. The van der Waals surface area contributed by atoms with Crippen LogP contribution in [0.15, 0.2) is 28.3 Å². The van der Waals surface area contributed by atoms with Crippen molar-refractivity contribution < 1.29 is 23.5 Å². The number of rotatable bonds is 4. The summed E-state index contributed by atoms with van der Waals surface area (Å²) in [6, 6.07) is 2.98. The van der Waals surface area contributed by atoms with E-state index in [1.807, 2.05) is 0 Å². The van der Waals surface area contributed by atoms with Crippen LogP contribution < -0.4 is 5.73 Å². The zero-order valence-electron chi connectivity index (χ0n) is 9.98. The molecule has 19 heavy (non-hydrogen) atoms. The van der Waals surface area contributed by atoms with Gasteiger partial charge in [0, 0.05) is 15.7 Å². The van der Waals surface area contributed by atoms with Crippen LogP contribution >= 0.6 is 11.8 Å². The number of benzene rings is 1. The number of hydrogen-bond donors (Lipinski definition) is 3. The van der Waals surface area contributed by atoms with Crippen LogP contribution in [0.4, 0.5) is 13.2 Å². The second-order valence-corrected chi connectivity index (χ2v) is 5.29. The topological polar surface area (TPSA) is 78.8 Å². The third-order valence-electron chi connectivity index (χ3n) is 2.28. The second kappa shape index (κ2) is 6.16. The fourth-order valence-electron chi connectivity index (χ4n) is 1.32. The van der Waals surface area contributed by atoms with Gasteiger partial charge in [-0.05, 0) is 18.2 Å². The van der Waals surface area contributed by atoms with E-state index >= 15 is 0 Å². The predicted molar refractivity (Wildman–Crippen MR) is 66.4 cm³/mol. The van der Waals surface area contributed by atoms with E-state index in [4.69, 9.17) is 16.0 Å². The average Bonchev–Trinajstić information content (AvgIpc) is 2.36. The molecule has 1 rings (SSSR count). The van der Waals surface area contributed by atoms with E-state index in [0.717, 1.165) is 23.9 Å². The first-order valence-corrected chi connectivity index (χ1v) is 6.14. The molecule has 0 aliphatic carbocycles. The van der Waals surface area contributed by atoms with Gasteiger partial charge in [0.2, 0.25) is 0 Å². The van der Waals surface area contributed by atoms with Crippen molar-refractivity contribution in [2.24, 2.45) is 10.9 Å². The van der Waals surface area contributed by atoms with Gasteiger partial charge in [-0.3, -0.25) is 0 Å². The second-order valence-electron chi connectivity index (χ2n) is 3.80. The summed E-state index contributed by atoms with van der Waals surface area (Å²) in [5.74, 6) is -0.404. The molecule has 1 aromatic carbocycles. The van der Waals surface area contributed by atoms with Gasteiger partial charge in [0.15, 0.2) is 5.84 Å². The van der Waals surface area contributed by atoms with Crippen LogP contribution in [0.2, 0.25) is 0 Å². The van der Waals surface area contributed by atoms with E-state index in [1.54, 1.807) is 6.92 Å². The number of halogens is 3. The molecule has 106 valence electrons. The number of oxime groups is 1. The Kier molecular flexibility index (Phi) is 5.07. The van der Waals surface area contributed by atoms with Gasteiger partial charge >= 0.3 is 6.18 Å². The first-order valence-electron chi connectivity index (χ1n) is 5.26. The molecule has 1 aromatic rings. The van der Waals surface area contributed by atoms with Crippen LogP contribution in [0.25, 0.3) is 0 Å². The zero-order chi connectivity index (χ0) is 14.6. The van der Waals surface area contributed by atoms with Crippen molar-refractivity contribution in [2.45, 2.75) is 23.2 Å². The van der Waals surface area contributed by atoms with Gasteiger partial charge in [-0.2, -0.15) is 13.2 Å². The Morgan fingerprint density at radius 3 is 2.58 bits per heavy atom. The number of aliphatic hydroxyl groups is 1. The van der Waals surface area contributed by atoms with Crippen molar-refractivity contribution in [3.8, 4) is 0 Å². The molecular weight excluding hydrogens is 281 g/mol. The molecule has 0 bridgehead atoms. The highest BCUT2D eigenvalue weighted by atomic mass is 32.2. The summed E-state index contributed by atoms with van der Waals surface area (Å²) in [5.41, 5.74) is 4.49. The van der Waals surface area contributed by atoms with Crippen LogP contribution in [0.1, 0.15) is 18.1 Å². The monoisotopic (exact) mass is 294 g/mol. The van der Waals surface area contributed by atoms with E-state index in [9.17, 15) is 13.2 Å². The highest BCUT2D eigenvalue weighted by Gasteiger charge is 2.31. The third-order valence-corrected chi connectivity index (χ3v) is 3.44. The van der Waals surface area contributed by atoms with Crippen LogP contribution in [0.3, 0.4) is 0 Å². The molecule has 8 heteroatoms. The van der Waals surface area contributed by atoms with Crippen molar-refractivity contribution in [3.63, 3.8) is 0 Å². The first kappa shape index (κ1) is 15.6. The molecule has 0 saturated heterocycles. The Morgan fingerprint density at radius 1 is 1.47 bits per heavy atom.